The van der Waals surface area contributed by atoms with Crippen LogP contribution in [0.2, 0.25) is 0 Å². The molecule has 2 rings (SSSR count). The molecule has 7 heteroatoms. The van der Waals surface area contributed by atoms with Crippen LogP contribution in [-0.4, -0.2) is 47.0 Å². The van der Waals surface area contributed by atoms with Crippen LogP contribution in [0.5, 0.6) is 0 Å². The molecule has 1 aromatic rings. The highest BCUT2D eigenvalue weighted by Gasteiger charge is 2.34. The Morgan fingerprint density at radius 2 is 2.18 bits per heavy atom. The second kappa shape index (κ2) is 4.62. The first-order valence-electron chi connectivity index (χ1n) is 5.55. The Hall–Kier alpha value is -0.530. The van der Waals surface area contributed by atoms with E-state index in [9.17, 15) is 8.42 Å². The Morgan fingerprint density at radius 3 is 2.71 bits per heavy atom. The van der Waals surface area contributed by atoms with Crippen molar-refractivity contribution in [2.75, 3.05) is 18.1 Å². The number of aromatic amines is 1. The molecule has 5 nitrogen and oxygen atoms in total. The molecule has 0 spiro atoms. The third kappa shape index (κ3) is 2.23. The van der Waals surface area contributed by atoms with Gasteiger partial charge in [-0.05, 0) is 20.8 Å². The summed E-state index contributed by atoms with van der Waals surface area (Å²) in [6, 6.07) is 0.0486. The Kier molecular flexibility index (Phi) is 3.51. The molecule has 1 saturated heterocycles. The average Bonchev–Trinajstić information content (AvgIpc) is 2.59. The molecule has 2 heterocycles. The van der Waals surface area contributed by atoms with Crippen molar-refractivity contribution >= 4 is 21.8 Å². The quantitative estimate of drug-likeness (QED) is 0.879. The van der Waals surface area contributed by atoms with E-state index in [2.05, 4.69) is 10.2 Å². The minimum absolute atomic E-state index is 0.0486. The van der Waals surface area contributed by atoms with Gasteiger partial charge in [-0.3, -0.25) is 5.10 Å². The normalized spacial score (nSPS) is 22.9. The molecule has 1 atom stereocenters. The first kappa shape index (κ1) is 12.9. The lowest BCUT2D eigenvalue weighted by Crippen LogP contribution is -2.44. The molecule has 0 aliphatic carbocycles. The monoisotopic (exact) mass is 275 g/mol. The van der Waals surface area contributed by atoms with Gasteiger partial charge in [-0.15, -0.1) is 0 Å². The van der Waals surface area contributed by atoms with Gasteiger partial charge in [-0.25, -0.2) is 8.42 Å². The lowest BCUT2D eigenvalue weighted by atomic mass is 10.4. The van der Waals surface area contributed by atoms with Crippen LogP contribution in [0.3, 0.4) is 0 Å². The van der Waals surface area contributed by atoms with Crippen molar-refractivity contribution in [3.05, 3.63) is 11.4 Å². The molecule has 0 aromatic carbocycles. The Morgan fingerprint density at radius 1 is 1.47 bits per heavy atom. The third-order valence-electron chi connectivity index (χ3n) is 2.93. The number of hydrogen-bond donors (Lipinski definition) is 1. The average molecular weight is 275 g/mol. The number of H-pyrrole nitrogens is 1. The van der Waals surface area contributed by atoms with Crippen molar-refractivity contribution in [3.63, 3.8) is 0 Å². The SMILES string of the molecule is Cc1n[nH]c(C)c1S(=O)(=O)N1CCSCC1C. The van der Waals surface area contributed by atoms with Gasteiger partial charge in [0.2, 0.25) is 10.0 Å². The van der Waals surface area contributed by atoms with Crippen molar-refractivity contribution < 1.29 is 8.42 Å². The number of sulfonamides is 1. The Bertz CT molecular complexity index is 490. The van der Waals surface area contributed by atoms with E-state index in [4.69, 9.17) is 0 Å². The highest BCUT2D eigenvalue weighted by atomic mass is 32.2. The van der Waals surface area contributed by atoms with Gasteiger partial charge in [0.05, 0.1) is 11.4 Å². The lowest BCUT2D eigenvalue weighted by molar-refractivity contribution is 0.367. The molecule has 1 aromatic heterocycles. The largest absolute Gasteiger partial charge is 0.281 e. The first-order chi connectivity index (χ1) is 7.94. The van der Waals surface area contributed by atoms with Crippen LogP contribution < -0.4 is 0 Å². The maximum absolute atomic E-state index is 12.6. The summed E-state index contributed by atoms with van der Waals surface area (Å²) in [5, 5.41) is 6.70. The second-order valence-corrected chi connectivity index (χ2v) is 7.28. The molecule has 0 radical (unpaired) electrons. The molecule has 1 aliphatic rings. The van der Waals surface area contributed by atoms with Crippen LogP contribution in [0.1, 0.15) is 18.3 Å². The van der Waals surface area contributed by atoms with E-state index in [0.717, 1.165) is 11.5 Å². The number of hydrogen-bond acceptors (Lipinski definition) is 4. The molecule has 1 N–H and O–H groups in total. The Labute approximate surface area is 106 Å². The van der Waals surface area contributed by atoms with Gasteiger partial charge < -0.3 is 0 Å². The zero-order valence-corrected chi connectivity index (χ0v) is 11.9. The molecule has 1 fully saturated rings. The predicted octanol–water partition coefficient (Wildman–Crippen LogP) is 1.15. The maximum atomic E-state index is 12.6. The van der Waals surface area contributed by atoms with E-state index < -0.39 is 10.0 Å². The van der Waals surface area contributed by atoms with E-state index in [1.54, 1.807) is 29.9 Å². The van der Waals surface area contributed by atoms with E-state index in [1.807, 2.05) is 6.92 Å². The molecular formula is C10H17N3O2S2. The smallest absolute Gasteiger partial charge is 0.247 e. The summed E-state index contributed by atoms with van der Waals surface area (Å²) >= 11 is 1.80. The summed E-state index contributed by atoms with van der Waals surface area (Å²) in [5.41, 5.74) is 1.17. The number of nitrogens with one attached hydrogen (secondary N) is 1. The number of aryl methyl sites for hydroxylation is 2. The summed E-state index contributed by atoms with van der Waals surface area (Å²) in [6.45, 7) is 6.00. The highest BCUT2D eigenvalue weighted by Crippen LogP contribution is 2.27. The summed E-state index contributed by atoms with van der Waals surface area (Å²) in [7, 11) is -3.40. The van der Waals surface area contributed by atoms with E-state index in [1.165, 1.54) is 0 Å². The summed E-state index contributed by atoms with van der Waals surface area (Å²) < 4.78 is 26.7. The van der Waals surface area contributed by atoms with Gasteiger partial charge in [-0.1, -0.05) is 0 Å². The number of nitrogens with zero attached hydrogens (tertiary/aromatic N) is 2. The molecule has 0 bridgehead atoms. The van der Waals surface area contributed by atoms with Crippen molar-refractivity contribution in [2.24, 2.45) is 0 Å². The predicted molar refractivity (Wildman–Crippen MR) is 68.7 cm³/mol. The van der Waals surface area contributed by atoms with Crippen LogP contribution >= 0.6 is 11.8 Å². The van der Waals surface area contributed by atoms with Crippen LogP contribution in [-0.2, 0) is 10.0 Å². The standard InChI is InChI=1S/C10H17N3O2S2/c1-7-6-16-5-4-13(7)17(14,15)10-8(2)11-12-9(10)3/h7H,4-6H2,1-3H3,(H,11,12). The molecule has 1 aliphatic heterocycles. The first-order valence-corrected chi connectivity index (χ1v) is 8.15. The van der Waals surface area contributed by atoms with Gasteiger partial charge in [0, 0.05) is 24.1 Å². The fourth-order valence-corrected chi connectivity index (χ4v) is 5.30. The summed E-state index contributed by atoms with van der Waals surface area (Å²) in [6.07, 6.45) is 0. The maximum Gasteiger partial charge on any atom is 0.247 e. The topological polar surface area (TPSA) is 66.1 Å². The van der Waals surface area contributed by atoms with Gasteiger partial charge in [0.1, 0.15) is 4.90 Å². The van der Waals surface area contributed by atoms with Gasteiger partial charge >= 0.3 is 0 Å². The van der Waals surface area contributed by atoms with Crippen LogP contribution in [0.15, 0.2) is 4.90 Å². The zero-order chi connectivity index (χ0) is 12.6. The number of rotatable bonds is 2. The van der Waals surface area contributed by atoms with E-state index in [-0.39, 0.29) is 6.04 Å². The highest BCUT2D eigenvalue weighted by molar-refractivity contribution is 7.99. The van der Waals surface area contributed by atoms with Crippen molar-refractivity contribution in [1.29, 1.82) is 0 Å². The van der Waals surface area contributed by atoms with Gasteiger partial charge in [0.25, 0.3) is 0 Å². The van der Waals surface area contributed by atoms with Crippen molar-refractivity contribution in [2.45, 2.75) is 31.7 Å². The Balaban J connectivity index is 2.42. The van der Waals surface area contributed by atoms with E-state index in [0.29, 0.717) is 22.8 Å². The van der Waals surface area contributed by atoms with Crippen LogP contribution in [0.25, 0.3) is 0 Å². The number of thioether (sulfide) groups is 1. The summed E-state index contributed by atoms with van der Waals surface area (Å²) in [5.74, 6) is 1.72. The number of aromatic nitrogens is 2. The molecule has 0 saturated carbocycles. The fourth-order valence-electron chi connectivity index (χ4n) is 2.11. The summed E-state index contributed by atoms with van der Waals surface area (Å²) in [4.78, 5) is 0.344. The minimum atomic E-state index is -3.40. The molecule has 96 valence electrons. The van der Waals surface area contributed by atoms with Crippen molar-refractivity contribution in [3.8, 4) is 0 Å². The fraction of sp³-hybridized carbons (Fsp3) is 0.700. The van der Waals surface area contributed by atoms with Gasteiger partial charge in [-0.2, -0.15) is 21.2 Å². The third-order valence-corrected chi connectivity index (χ3v) is 6.40. The van der Waals surface area contributed by atoms with Crippen LogP contribution in [0.4, 0.5) is 0 Å². The lowest BCUT2D eigenvalue weighted by Gasteiger charge is -2.31. The van der Waals surface area contributed by atoms with Gasteiger partial charge in [0.15, 0.2) is 0 Å². The van der Waals surface area contributed by atoms with Crippen LogP contribution in [0, 0.1) is 13.8 Å². The molecular weight excluding hydrogens is 258 g/mol. The van der Waals surface area contributed by atoms with E-state index >= 15 is 0 Å². The zero-order valence-electron chi connectivity index (χ0n) is 10.2. The van der Waals surface area contributed by atoms with Crippen molar-refractivity contribution in [1.82, 2.24) is 14.5 Å². The molecule has 0 amide bonds. The molecule has 17 heavy (non-hydrogen) atoms. The minimum Gasteiger partial charge on any atom is -0.281 e. The molecule has 1 unspecified atom stereocenters. The second-order valence-electron chi connectivity index (χ2n) is 4.30.